The molecule has 0 radical (unpaired) electrons. The zero-order chi connectivity index (χ0) is 12.6. The summed E-state index contributed by atoms with van der Waals surface area (Å²) in [4.78, 5) is 11.8. The molecule has 0 aliphatic heterocycles. The molecule has 0 fully saturated rings. The van der Waals surface area contributed by atoms with E-state index in [0.717, 1.165) is 25.8 Å². The van der Waals surface area contributed by atoms with Gasteiger partial charge in [0.2, 0.25) is 5.91 Å². The maximum absolute atomic E-state index is 11.8. The van der Waals surface area contributed by atoms with E-state index in [2.05, 4.69) is 26.1 Å². The predicted molar refractivity (Wildman–Crippen MR) is 69.1 cm³/mol. The Labute approximate surface area is 100 Å². The van der Waals surface area contributed by atoms with E-state index in [4.69, 9.17) is 5.73 Å². The first kappa shape index (κ1) is 15.4. The van der Waals surface area contributed by atoms with E-state index < -0.39 is 0 Å². The van der Waals surface area contributed by atoms with Crippen LogP contribution in [0.3, 0.4) is 0 Å². The third kappa shape index (κ3) is 6.11. The Hall–Kier alpha value is -0.570. The molecule has 0 aliphatic carbocycles. The lowest BCUT2D eigenvalue weighted by Crippen LogP contribution is -2.35. The Kier molecular flexibility index (Phi) is 8.26. The maximum atomic E-state index is 11.8. The van der Waals surface area contributed by atoms with Crippen molar-refractivity contribution in [2.24, 2.45) is 23.5 Å². The van der Waals surface area contributed by atoms with E-state index >= 15 is 0 Å². The smallest absolute Gasteiger partial charge is 0.223 e. The molecule has 3 N–H and O–H groups in total. The molecule has 2 atom stereocenters. The molecule has 2 unspecified atom stereocenters. The van der Waals surface area contributed by atoms with Crippen molar-refractivity contribution < 1.29 is 4.79 Å². The lowest BCUT2D eigenvalue weighted by molar-refractivity contribution is -0.125. The molecule has 0 rings (SSSR count). The molecular formula is C13H28N2O. The summed E-state index contributed by atoms with van der Waals surface area (Å²) in [5.74, 6) is 1.21. The Morgan fingerprint density at radius 1 is 1.25 bits per heavy atom. The fourth-order valence-corrected chi connectivity index (χ4v) is 1.70. The molecule has 0 saturated carbocycles. The zero-order valence-corrected chi connectivity index (χ0v) is 11.3. The first-order chi connectivity index (χ1) is 7.52. The fraction of sp³-hybridized carbons (Fsp3) is 0.923. The second kappa shape index (κ2) is 8.57. The van der Waals surface area contributed by atoms with Crippen molar-refractivity contribution in [3.05, 3.63) is 0 Å². The molecule has 0 aliphatic rings. The van der Waals surface area contributed by atoms with Gasteiger partial charge in [0.1, 0.15) is 0 Å². The monoisotopic (exact) mass is 228 g/mol. The highest BCUT2D eigenvalue weighted by atomic mass is 16.1. The minimum absolute atomic E-state index is 0.0974. The van der Waals surface area contributed by atoms with Crippen LogP contribution in [0.1, 0.15) is 47.0 Å². The van der Waals surface area contributed by atoms with Gasteiger partial charge in [-0.15, -0.1) is 0 Å². The second-order valence-electron chi connectivity index (χ2n) is 5.01. The number of rotatable bonds is 8. The fourth-order valence-electron chi connectivity index (χ4n) is 1.70. The number of hydrogen-bond donors (Lipinski definition) is 2. The van der Waals surface area contributed by atoms with Gasteiger partial charge in [-0.1, -0.05) is 34.1 Å². The summed E-state index contributed by atoms with van der Waals surface area (Å²) in [6.45, 7) is 9.79. The Bertz CT molecular complexity index is 186. The number of hydrogen-bond acceptors (Lipinski definition) is 2. The SMILES string of the molecule is CCCC(CCN)CNC(=O)C(C)C(C)C. The van der Waals surface area contributed by atoms with Crippen LogP contribution in [0.5, 0.6) is 0 Å². The van der Waals surface area contributed by atoms with E-state index in [1.165, 1.54) is 0 Å². The van der Waals surface area contributed by atoms with Crippen LogP contribution >= 0.6 is 0 Å². The number of amides is 1. The van der Waals surface area contributed by atoms with Gasteiger partial charge in [0.05, 0.1) is 0 Å². The molecule has 0 bridgehead atoms. The second-order valence-corrected chi connectivity index (χ2v) is 5.01. The first-order valence-corrected chi connectivity index (χ1v) is 6.50. The molecule has 96 valence electrons. The van der Waals surface area contributed by atoms with Gasteiger partial charge < -0.3 is 11.1 Å². The Morgan fingerprint density at radius 3 is 2.31 bits per heavy atom. The molecule has 0 heterocycles. The summed E-state index contributed by atoms with van der Waals surface area (Å²) in [5, 5.41) is 3.04. The van der Waals surface area contributed by atoms with Crippen LogP contribution in [0.15, 0.2) is 0 Å². The van der Waals surface area contributed by atoms with Crippen LogP contribution in [0, 0.1) is 17.8 Å². The Balaban J connectivity index is 3.94. The van der Waals surface area contributed by atoms with Crippen molar-refractivity contribution >= 4 is 5.91 Å². The van der Waals surface area contributed by atoms with Gasteiger partial charge >= 0.3 is 0 Å². The zero-order valence-electron chi connectivity index (χ0n) is 11.3. The largest absolute Gasteiger partial charge is 0.356 e. The molecule has 0 spiro atoms. The van der Waals surface area contributed by atoms with Crippen molar-refractivity contribution in [1.29, 1.82) is 0 Å². The van der Waals surface area contributed by atoms with Gasteiger partial charge in [0.25, 0.3) is 0 Å². The maximum Gasteiger partial charge on any atom is 0.223 e. The van der Waals surface area contributed by atoms with E-state index in [9.17, 15) is 4.79 Å². The van der Waals surface area contributed by atoms with Crippen LogP contribution in [0.25, 0.3) is 0 Å². The number of carbonyl (C=O) groups is 1. The topological polar surface area (TPSA) is 55.1 Å². The van der Waals surface area contributed by atoms with Crippen molar-refractivity contribution in [3.8, 4) is 0 Å². The first-order valence-electron chi connectivity index (χ1n) is 6.50. The summed E-state index contributed by atoms with van der Waals surface area (Å²) in [6.07, 6.45) is 3.30. The lowest BCUT2D eigenvalue weighted by Gasteiger charge is -2.19. The van der Waals surface area contributed by atoms with Crippen LogP contribution in [0.2, 0.25) is 0 Å². The van der Waals surface area contributed by atoms with Gasteiger partial charge in [0.15, 0.2) is 0 Å². The average molecular weight is 228 g/mol. The number of nitrogens with two attached hydrogens (primary N) is 1. The van der Waals surface area contributed by atoms with Crippen molar-refractivity contribution in [3.63, 3.8) is 0 Å². The van der Waals surface area contributed by atoms with E-state index in [1.54, 1.807) is 0 Å². The highest BCUT2D eigenvalue weighted by Crippen LogP contribution is 2.12. The summed E-state index contributed by atoms with van der Waals surface area (Å²) in [6, 6.07) is 0. The quantitative estimate of drug-likeness (QED) is 0.669. The van der Waals surface area contributed by atoms with Crippen LogP contribution in [-0.2, 0) is 4.79 Å². The molecule has 16 heavy (non-hydrogen) atoms. The van der Waals surface area contributed by atoms with E-state index in [1.807, 2.05) is 6.92 Å². The summed E-state index contributed by atoms with van der Waals surface area (Å²) < 4.78 is 0. The minimum atomic E-state index is 0.0974. The number of carbonyl (C=O) groups excluding carboxylic acids is 1. The average Bonchev–Trinajstić information content (AvgIpc) is 2.24. The normalized spacial score (nSPS) is 14.9. The molecule has 0 saturated heterocycles. The predicted octanol–water partition coefficient (Wildman–Crippen LogP) is 2.16. The van der Waals surface area contributed by atoms with E-state index in [0.29, 0.717) is 18.4 Å². The highest BCUT2D eigenvalue weighted by molar-refractivity contribution is 5.78. The van der Waals surface area contributed by atoms with Gasteiger partial charge in [-0.05, 0) is 31.2 Å². The van der Waals surface area contributed by atoms with Gasteiger partial charge in [-0.3, -0.25) is 4.79 Å². The van der Waals surface area contributed by atoms with Gasteiger partial charge in [-0.25, -0.2) is 0 Å². The number of nitrogens with one attached hydrogen (secondary N) is 1. The van der Waals surface area contributed by atoms with Gasteiger partial charge in [0, 0.05) is 12.5 Å². The van der Waals surface area contributed by atoms with E-state index in [-0.39, 0.29) is 11.8 Å². The summed E-state index contributed by atoms with van der Waals surface area (Å²) >= 11 is 0. The molecule has 0 aromatic rings. The molecule has 3 nitrogen and oxygen atoms in total. The third-order valence-electron chi connectivity index (χ3n) is 3.25. The molecular weight excluding hydrogens is 200 g/mol. The lowest BCUT2D eigenvalue weighted by atomic mass is 9.96. The van der Waals surface area contributed by atoms with Crippen molar-refractivity contribution in [1.82, 2.24) is 5.32 Å². The minimum Gasteiger partial charge on any atom is -0.356 e. The van der Waals surface area contributed by atoms with Crippen molar-refractivity contribution in [2.45, 2.75) is 47.0 Å². The van der Waals surface area contributed by atoms with Crippen molar-refractivity contribution in [2.75, 3.05) is 13.1 Å². The molecule has 1 amide bonds. The molecule has 3 heteroatoms. The van der Waals surface area contributed by atoms with Gasteiger partial charge in [-0.2, -0.15) is 0 Å². The highest BCUT2D eigenvalue weighted by Gasteiger charge is 2.17. The standard InChI is InChI=1S/C13H28N2O/c1-5-6-12(7-8-14)9-15-13(16)11(4)10(2)3/h10-12H,5-9,14H2,1-4H3,(H,15,16). The molecule has 0 aromatic carbocycles. The summed E-state index contributed by atoms with van der Waals surface area (Å²) in [5.41, 5.74) is 5.56. The summed E-state index contributed by atoms with van der Waals surface area (Å²) in [7, 11) is 0. The van der Waals surface area contributed by atoms with Crippen LogP contribution in [0.4, 0.5) is 0 Å². The van der Waals surface area contributed by atoms with Crippen LogP contribution < -0.4 is 11.1 Å². The Morgan fingerprint density at radius 2 is 1.88 bits per heavy atom. The van der Waals surface area contributed by atoms with Crippen LogP contribution in [-0.4, -0.2) is 19.0 Å². The third-order valence-corrected chi connectivity index (χ3v) is 3.25. The molecule has 0 aromatic heterocycles.